The zero-order chi connectivity index (χ0) is 27.4. The molecule has 4 aromatic rings. The van der Waals surface area contributed by atoms with E-state index in [1.165, 1.54) is 18.1 Å². The fraction of sp³-hybridized carbons (Fsp3) is 0.207. The first-order valence-corrected chi connectivity index (χ1v) is 13.3. The van der Waals surface area contributed by atoms with Gasteiger partial charge in [-0.15, -0.1) is 0 Å². The van der Waals surface area contributed by atoms with Gasteiger partial charge in [0.1, 0.15) is 22.7 Å². The van der Waals surface area contributed by atoms with Crippen molar-refractivity contribution in [1.82, 2.24) is 14.9 Å². The molecule has 0 aliphatic carbocycles. The molecule has 0 saturated heterocycles. The molecule has 2 heterocycles. The molecule has 9 heteroatoms. The van der Waals surface area contributed by atoms with Crippen LogP contribution in [0.2, 0.25) is 0 Å². The molecule has 1 amide bonds. The van der Waals surface area contributed by atoms with Crippen LogP contribution in [0.3, 0.4) is 0 Å². The van der Waals surface area contributed by atoms with E-state index < -0.39 is 11.5 Å². The highest BCUT2D eigenvalue weighted by atomic mass is 32.2. The molecule has 0 atom stereocenters. The van der Waals surface area contributed by atoms with Gasteiger partial charge in [-0.2, -0.15) is 0 Å². The van der Waals surface area contributed by atoms with Gasteiger partial charge < -0.3 is 19.8 Å². The third-order valence-corrected chi connectivity index (χ3v) is 6.69. The zero-order valence-corrected chi connectivity index (χ0v) is 22.6. The van der Waals surface area contributed by atoms with E-state index >= 15 is 0 Å². The van der Waals surface area contributed by atoms with Crippen molar-refractivity contribution >= 4 is 40.4 Å². The van der Waals surface area contributed by atoms with Crippen LogP contribution in [0, 0.1) is 13.8 Å². The Balaban J connectivity index is 2.02. The van der Waals surface area contributed by atoms with E-state index in [9.17, 15) is 14.4 Å². The highest BCUT2D eigenvalue weighted by Crippen LogP contribution is 2.40. The number of aromatic nitrogens is 2. The highest BCUT2D eigenvalue weighted by molar-refractivity contribution is 8.00. The van der Waals surface area contributed by atoms with Gasteiger partial charge in [0.05, 0.1) is 0 Å². The number of H-pyrrole nitrogens is 1. The number of allylic oxidation sites excluding steroid dienone is 1. The molecule has 2 aromatic carbocycles. The molecular weight excluding hydrogens is 500 g/mol. The van der Waals surface area contributed by atoms with Crippen LogP contribution in [0.1, 0.15) is 40.3 Å². The number of nitrogens with zero attached hydrogens (tertiary/aromatic N) is 1. The van der Waals surface area contributed by atoms with E-state index in [-0.39, 0.29) is 17.1 Å². The molecule has 0 saturated carbocycles. The van der Waals surface area contributed by atoms with Crippen LogP contribution >= 0.6 is 11.9 Å². The molecule has 0 bridgehead atoms. The van der Waals surface area contributed by atoms with Crippen molar-refractivity contribution in [2.45, 2.75) is 27.7 Å². The Morgan fingerprint density at radius 3 is 2.50 bits per heavy atom. The van der Waals surface area contributed by atoms with Gasteiger partial charge in [0.25, 0.3) is 17.4 Å². The number of benzene rings is 2. The average molecular weight is 531 g/mol. The number of anilines is 1. The van der Waals surface area contributed by atoms with Gasteiger partial charge in [0.15, 0.2) is 0 Å². The zero-order valence-electron chi connectivity index (χ0n) is 21.8. The molecule has 4 rings (SSSR count). The minimum atomic E-state index is -0.583. The summed E-state index contributed by atoms with van der Waals surface area (Å²) in [4.78, 5) is 41.5. The van der Waals surface area contributed by atoms with E-state index in [1.54, 1.807) is 6.07 Å². The van der Waals surface area contributed by atoms with Gasteiger partial charge in [0.2, 0.25) is 0 Å². The van der Waals surface area contributed by atoms with E-state index in [0.717, 1.165) is 39.0 Å². The SMILES string of the molecule is C=CC(=O)n1cc(-c2cc(NSCC)ccc2Oc2c(C)cccc2C)c2cc(C(=O)NCC)[nH]c2c1=O. The van der Waals surface area contributed by atoms with Crippen molar-refractivity contribution < 1.29 is 14.3 Å². The summed E-state index contributed by atoms with van der Waals surface area (Å²) in [6.07, 6.45) is 2.56. The Bertz CT molecular complexity index is 1580. The number of carbonyl (C=O) groups is 2. The van der Waals surface area contributed by atoms with Crippen molar-refractivity contribution in [3.63, 3.8) is 0 Å². The number of carbonyl (C=O) groups excluding carboxylic acids is 2. The van der Waals surface area contributed by atoms with Gasteiger partial charge in [0, 0.05) is 40.7 Å². The number of ether oxygens (including phenoxy) is 1. The molecule has 0 aliphatic heterocycles. The van der Waals surface area contributed by atoms with Crippen LogP contribution in [-0.4, -0.2) is 33.7 Å². The standard InChI is InChI=1S/C29H30N4O4S/c1-6-25(34)33-16-22(21-15-23(28(35)30-7-2)31-26(21)29(33)36)20-14-19(32-38-8-3)12-13-24(20)37-27-17(4)10-9-11-18(27)5/h6,9-16,31-32H,1,7-8H2,2-5H3,(H,30,35). The van der Waals surface area contributed by atoms with Crippen LogP contribution in [0.5, 0.6) is 11.5 Å². The largest absolute Gasteiger partial charge is 0.456 e. The van der Waals surface area contributed by atoms with Gasteiger partial charge in [-0.1, -0.05) is 43.6 Å². The summed E-state index contributed by atoms with van der Waals surface area (Å²) in [6, 6.07) is 13.2. The third kappa shape index (κ3) is 5.24. The lowest BCUT2D eigenvalue weighted by molar-refractivity contribution is 0.0948. The summed E-state index contributed by atoms with van der Waals surface area (Å²) in [5.74, 6) is 1.18. The summed E-state index contributed by atoms with van der Waals surface area (Å²) in [5, 5.41) is 3.24. The molecule has 0 aliphatic rings. The first-order chi connectivity index (χ1) is 18.3. The number of rotatable bonds is 9. The number of aromatic amines is 1. The van der Waals surface area contributed by atoms with Crippen LogP contribution in [-0.2, 0) is 0 Å². The number of hydrogen-bond acceptors (Lipinski definition) is 6. The topological polar surface area (TPSA) is 105 Å². The minimum Gasteiger partial charge on any atom is -0.456 e. The van der Waals surface area contributed by atoms with Crippen molar-refractivity contribution in [2.24, 2.45) is 0 Å². The van der Waals surface area contributed by atoms with Crippen LogP contribution in [0.15, 0.2) is 66.1 Å². The van der Waals surface area contributed by atoms with Crippen molar-refractivity contribution in [1.29, 1.82) is 0 Å². The van der Waals surface area contributed by atoms with Crippen molar-refractivity contribution in [2.75, 3.05) is 17.0 Å². The number of nitrogens with one attached hydrogen (secondary N) is 3. The predicted molar refractivity (Wildman–Crippen MR) is 155 cm³/mol. The Hall–Kier alpha value is -4.24. The molecule has 38 heavy (non-hydrogen) atoms. The Kier molecular flexibility index (Phi) is 8.07. The van der Waals surface area contributed by atoms with Gasteiger partial charge in [-0.25, -0.2) is 4.57 Å². The Labute approximate surface area is 225 Å². The highest BCUT2D eigenvalue weighted by Gasteiger charge is 2.21. The molecule has 8 nitrogen and oxygen atoms in total. The van der Waals surface area contributed by atoms with E-state index in [0.29, 0.717) is 28.8 Å². The first kappa shape index (κ1) is 26.8. The van der Waals surface area contributed by atoms with Gasteiger partial charge in [-0.3, -0.25) is 14.4 Å². The van der Waals surface area contributed by atoms with Crippen LogP contribution < -0.4 is 20.3 Å². The minimum absolute atomic E-state index is 0.137. The molecule has 0 fully saturated rings. The quantitative estimate of drug-likeness (QED) is 0.179. The normalized spacial score (nSPS) is 10.8. The second kappa shape index (κ2) is 11.4. The second-order valence-corrected chi connectivity index (χ2v) is 9.73. The van der Waals surface area contributed by atoms with Crippen molar-refractivity contribution in [3.8, 4) is 22.6 Å². The first-order valence-electron chi connectivity index (χ1n) is 12.3. The molecule has 0 spiro atoms. The maximum absolute atomic E-state index is 13.3. The molecule has 0 radical (unpaired) electrons. The van der Waals surface area contributed by atoms with Gasteiger partial charge in [-0.05, 0) is 62.2 Å². The number of hydrogen-bond donors (Lipinski definition) is 3. The Morgan fingerprint density at radius 2 is 1.84 bits per heavy atom. The van der Waals surface area contributed by atoms with E-state index in [2.05, 4.69) is 21.6 Å². The maximum Gasteiger partial charge on any atom is 0.281 e. The summed E-state index contributed by atoms with van der Waals surface area (Å²) >= 11 is 1.54. The van der Waals surface area contributed by atoms with Crippen LogP contribution in [0.25, 0.3) is 22.0 Å². The molecule has 0 unspecified atom stereocenters. The lowest BCUT2D eigenvalue weighted by atomic mass is 10.0. The monoisotopic (exact) mass is 530 g/mol. The predicted octanol–water partition coefficient (Wildman–Crippen LogP) is 6.06. The molecule has 3 N–H and O–H groups in total. The fourth-order valence-electron chi connectivity index (χ4n) is 4.19. The molecule has 2 aromatic heterocycles. The van der Waals surface area contributed by atoms with Crippen molar-refractivity contribution in [3.05, 3.63) is 88.5 Å². The van der Waals surface area contributed by atoms with Crippen LogP contribution in [0.4, 0.5) is 5.69 Å². The van der Waals surface area contributed by atoms with E-state index in [1.807, 2.05) is 64.1 Å². The number of aryl methyl sites for hydroxylation is 2. The smallest absolute Gasteiger partial charge is 0.281 e. The lowest BCUT2D eigenvalue weighted by Gasteiger charge is -2.17. The summed E-state index contributed by atoms with van der Waals surface area (Å²) in [6.45, 7) is 11.8. The fourth-order valence-corrected chi connectivity index (χ4v) is 4.62. The lowest BCUT2D eigenvalue weighted by Crippen LogP contribution is -2.26. The third-order valence-electron chi connectivity index (χ3n) is 6.02. The summed E-state index contributed by atoms with van der Waals surface area (Å²) in [5.41, 5.74) is 3.74. The summed E-state index contributed by atoms with van der Waals surface area (Å²) in [7, 11) is 0. The molecular formula is C29H30N4O4S. The van der Waals surface area contributed by atoms with Gasteiger partial charge >= 0.3 is 0 Å². The maximum atomic E-state index is 13.3. The number of fused-ring (bicyclic) bond motifs is 1. The number of amides is 1. The van der Waals surface area contributed by atoms with E-state index in [4.69, 9.17) is 4.74 Å². The average Bonchev–Trinajstić information content (AvgIpc) is 3.36. The summed E-state index contributed by atoms with van der Waals surface area (Å²) < 4.78 is 10.8. The number of pyridine rings is 1. The Morgan fingerprint density at radius 1 is 1.11 bits per heavy atom. The second-order valence-electron chi connectivity index (χ2n) is 8.66. The molecule has 196 valence electrons. The number of para-hydroxylation sites is 1.